The molecule has 162 valence electrons. The van der Waals surface area contributed by atoms with Crippen LogP contribution < -0.4 is 5.32 Å². The van der Waals surface area contributed by atoms with E-state index in [2.05, 4.69) is 9.71 Å². The summed E-state index contributed by atoms with van der Waals surface area (Å²) >= 11 is 1.46. The van der Waals surface area contributed by atoms with Gasteiger partial charge in [0.2, 0.25) is 5.91 Å². The molecule has 0 aliphatic carbocycles. The molecule has 0 radical (unpaired) electrons. The molecule has 0 spiro atoms. The van der Waals surface area contributed by atoms with Gasteiger partial charge in [-0.1, -0.05) is 24.3 Å². The van der Waals surface area contributed by atoms with Crippen molar-refractivity contribution in [1.82, 2.24) is 4.90 Å². The zero-order valence-electron chi connectivity index (χ0n) is 16.4. The van der Waals surface area contributed by atoms with Gasteiger partial charge in [-0.05, 0) is 52.2 Å². The van der Waals surface area contributed by atoms with E-state index in [-0.39, 0.29) is 23.0 Å². The Labute approximate surface area is 187 Å². The van der Waals surface area contributed by atoms with Crippen LogP contribution in [0.2, 0.25) is 0 Å². The van der Waals surface area contributed by atoms with Crippen LogP contribution in [0.5, 0.6) is 0 Å². The van der Waals surface area contributed by atoms with Crippen LogP contribution in [0.15, 0.2) is 74.7 Å². The molecule has 32 heavy (non-hydrogen) atoms. The largest absolute Gasteiger partial charge is 0.341 e. The number of benzene rings is 2. The number of carbonyl (C=O) groups is 2. The summed E-state index contributed by atoms with van der Waals surface area (Å²) in [4.78, 5) is 28.3. The van der Waals surface area contributed by atoms with Gasteiger partial charge < -0.3 is 10.2 Å². The number of Topliss-reactive ketones (excluding diaryl/α,β-unsaturated/α-hetero) is 1. The van der Waals surface area contributed by atoms with E-state index in [1.807, 2.05) is 16.8 Å². The van der Waals surface area contributed by atoms with Gasteiger partial charge in [0, 0.05) is 6.54 Å². The Kier molecular flexibility index (Phi) is 4.90. The van der Waals surface area contributed by atoms with Crippen molar-refractivity contribution in [3.8, 4) is 0 Å². The van der Waals surface area contributed by atoms with Gasteiger partial charge in [0.25, 0.3) is 10.0 Å². The van der Waals surface area contributed by atoms with Crippen LogP contribution in [-0.4, -0.2) is 30.8 Å². The van der Waals surface area contributed by atoms with E-state index in [4.69, 9.17) is 0 Å². The lowest BCUT2D eigenvalue weighted by Gasteiger charge is -2.23. The Morgan fingerprint density at radius 2 is 1.81 bits per heavy atom. The first kappa shape index (κ1) is 20.5. The van der Waals surface area contributed by atoms with Crippen molar-refractivity contribution in [1.29, 1.82) is 0 Å². The van der Waals surface area contributed by atoms with Gasteiger partial charge in [-0.2, -0.15) is 19.8 Å². The van der Waals surface area contributed by atoms with Crippen molar-refractivity contribution in [3.63, 3.8) is 0 Å². The zero-order valence-corrected chi connectivity index (χ0v) is 18.1. The molecule has 2 atom stereocenters. The number of amidine groups is 1. The maximum atomic E-state index is 13.5. The minimum Gasteiger partial charge on any atom is -0.341 e. The molecule has 1 aromatic heterocycles. The van der Waals surface area contributed by atoms with Crippen LogP contribution in [-0.2, 0) is 26.2 Å². The van der Waals surface area contributed by atoms with Gasteiger partial charge >= 0.3 is 0 Å². The van der Waals surface area contributed by atoms with Gasteiger partial charge in [-0.3, -0.25) is 9.59 Å². The van der Waals surface area contributed by atoms with Gasteiger partial charge in [0.1, 0.15) is 22.6 Å². The highest BCUT2D eigenvalue weighted by molar-refractivity contribution is 7.90. The van der Waals surface area contributed by atoms with Gasteiger partial charge in [-0.15, -0.1) is 4.40 Å². The molecule has 2 aliphatic heterocycles. The lowest BCUT2D eigenvalue weighted by Crippen LogP contribution is -2.36. The van der Waals surface area contributed by atoms with E-state index in [1.54, 1.807) is 18.2 Å². The van der Waals surface area contributed by atoms with Gasteiger partial charge in [0.05, 0.1) is 5.69 Å². The Balaban J connectivity index is 1.58. The summed E-state index contributed by atoms with van der Waals surface area (Å²) in [5, 5.41) is 6.58. The van der Waals surface area contributed by atoms with Crippen LogP contribution in [0.25, 0.3) is 0 Å². The number of halogens is 1. The predicted molar refractivity (Wildman–Crippen MR) is 117 cm³/mol. The number of amides is 1. The van der Waals surface area contributed by atoms with Crippen molar-refractivity contribution in [2.24, 2.45) is 10.3 Å². The zero-order chi connectivity index (χ0) is 22.5. The number of nitrogens with zero attached hydrogens (tertiary/aromatic N) is 2. The summed E-state index contributed by atoms with van der Waals surface area (Å²) in [5.74, 6) is -3.17. The molecular formula is C22H16FN3O4S2. The maximum absolute atomic E-state index is 13.5. The molecule has 1 amide bonds. The number of carbonyl (C=O) groups excluding carboxylic acids is 2. The first-order valence-electron chi connectivity index (χ1n) is 9.67. The fraction of sp³-hybridized carbons (Fsp3) is 0.136. The third-order valence-electron chi connectivity index (χ3n) is 5.43. The molecule has 10 heteroatoms. The topological polar surface area (TPSA) is 95.9 Å². The molecule has 2 aromatic carbocycles. The predicted octanol–water partition coefficient (Wildman–Crippen LogP) is 3.37. The van der Waals surface area contributed by atoms with Crippen LogP contribution in [0.4, 0.5) is 10.1 Å². The number of fused-ring (bicyclic) bond motifs is 1. The number of likely N-dealkylation sites (tertiary alicyclic amines) is 1. The summed E-state index contributed by atoms with van der Waals surface area (Å²) in [6.45, 7) is 0.156. The lowest BCUT2D eigenvalue weighted by molar-refractivity contribution is -0.131. The molecule has 3 heterocycles. The SMILES string of the molecule is O=C1C(C2=NS(=O)(=O)c3ccccc3N2)C(=O)N(Cc2ccsc2)[C@H]1c1ccc(F)cc1. The molecule has 1 N–H and O–H groups in total. The molecule has 1 saturated heterocycles. The quantitative estimate of drug-likeness (QED) is 0.591. The minimum absolute atomic E-state index is 0.0214. The number of thiophene rings is 1. The fourth-order valence-corrected chi connectivity index (χ4v) is 5.79. The van der Waals surface area contributed by atoms with E-state index in [9.17, 15) is 22.4 Å². The van der Waals surface area contributed by atoms with E-state index in [0.29, 0.717) is 5.56 Å². The lowest BCUT2D eigenvalue weighted by atomic mass is 9.96. The Morgan fingerprint density at radius 3 is 2.53 bits per heavy atom. The maximum Gasteiger partial charge on any atom is 0.286 e. The van der Waals surface area contributed by atoms with Crippen LogP contribution in [0.3, 0.4) is 0 Å². The third kappa shape index (κ3) is 3.41. The summed E-state index contributed by atoms with van der Waals surface area (Å²) < 4.78 is 42.6. The second-order valence-electron chi connectivity index (χ2n) is 7.46. The highest BCUT2D eigenvalue weighted by atomic mass is 32.2. The van der Waals surface area contributed by atoms with Gasteiger partial charge in [-0.25, -0.2) is 4.39 Å². The van der Waals surface area contributed by atoms with Gasteiger partial charge in [0.15, 0.2) is 11.7 Å². The van der Waals surface area contributed by atoms with Crippen molar-refractivity contribution in [3.05, 3.63) is 82.3 Å². The van der Waals surface area contributed by atoms with Crippen LogP contribution >= 0.6 is 11.3 Å². The number of hydrogen-bond acceptors (Lipinski definition) is 6. The molecule has 7 nitrogen and oxygen atoms in total. The number of rotatable bonds is 4. The Morgan fingerprint density at radius 1 is 1.06 bits per heavy atom. The van der Waals surface area contributed by atoms with E-state index < -0.39 is 39.5 Å². The second kappa shape index (κ2) is 7.64. The average molecular weight is 470 g/mol. The van der Waals surface area contributed by atoms with Crippen LogP contribution in [0, 0.1) is 11.7 Å². The van der Waals surface area contributed by atoms with Crippen molar-refractivity contribution >= 4 is 44.6 Å². The molecule has 3 aromatic rings. The molecule has 0 bridgehead atoms. The summed E-state index contributed by atoms with van der Waals surface area (Å²) in [6.07, 6.45) is 0. The Hall–Kier alpha value is -3.37. The molecule has 2 aliphatic rings. The van der Waals surface area contributed by atoms with E-state index in [0.717, 1.165) is 5.56 Å². The number of nitrogens with one attached hydrogen (secondary N) is 1. The van der Waals surface area contributed by atoms with E-state index >= 15 is 0 Å². The third-order valence-corrected chi connectivity index (χ3v) is 7.52. The van der Waals surface area contributed by atoms with E-state index in [1.165, 1.54) is 46.6 Å². The van der Waals surface area contributed by atoms with Crippen LogP contribution in [0.1, 0.15) is 17.2 Å². The number of sulfonamides is 1. The smallest absolute Gasteiger partial charge is 0.286 e. The summed E-state index contributed by atoms with van der Waals surface area (Å²) in [6, 6.07) is 12.4. The molecule has 5 rings (SSSR count). The average Bonchev–Trinajstić information content (AvgIpc) is 3.35. The normalized spacial score (nSPS) is 21.8. The number of hydrogen-bond donors (Lipinski definition) is 1. The number of anilines is 1. The first-order chi connectivity index (χ1) is 15.3. The van der Waals surface area contributed by atoms with Crippen molar-refractivity contribution < 1.29 is 22.4 Å². The highest BCUT2D eigenvalue weighted by Gasteiger charge is 2.51. The first-order valence-corrected chi connectivity index (χ1v) is 12.0. The molecule has 0 saturated carbocycles. The summed E-state index contributed by atoms with van der Waals surface area (Å²) in [5.41, 5.74) is 1.54. The summed E-state index contributed by atoms with van der Waals surface area (Å²) in [7, 11) is -4.08. The fourth-order valence-electron chi connectivity index (χ4n) is 3.97. The highest BCUT2D eigenvalue weighted by Crippen LogP contribution is 2.38. The standard InChI is InChI=1S/C22H16FN3O4S2/c23-15-7-5-14(6-8-15)19-20(27)18(22(28)26(19)11-13-9-10-31-12-13)21-24-16-3-1-2-4-17(16)32(29,30)25-21/h1-10,12,18-19H,11H2,(H,24,25)/t18?,19-/m0/s1. The molecule has 1 fully saturated rings. The molecule has 1 unspecified atom stereocenters. The minimum atomic E-state index is -4.08. The molecular weight excluding hydrogens is 453 g/mol. The monoisotopic (exact) mass is 469 g/mol. The Bertz CT molecular complexity index is 1350. The second-order valence-corrected chi connectivity index (χ2v) is 9.81. The van der Waals surface area contributed by atoms with Crippen molar-refractivity contribution in [2.75, 3.05) is 5.32 Å². The number of ketones is 1. The number of para-hydroxylation sites is 1. The van der Waals surface area contributed by atoms with Crippen molar-refractivity contribution in [2.45, 2.75) is 17.5 Å².